The molecule has 3 aliphatic carbocycles. The maximum atomic E-state index is 12.2. The zero-order valence-corrected chi connectivity index (χ0v) is 21.0. The number of carbonyl (C=O) groups is 1. The molecule has 0 amide bonds. The predicted octanol–water partition coefficient (Wildman–Crippen LogP) is 5.62. The summed E-state index contributed by atoms with van der Waals surface area (Å²) in [6.07, 6.45) is 4.91. The fraction of sp³-hybridized carbons (Fsp3) is 0.571. The molecule has 1 saturated heterocycles. The Kier molecular flexibility index (Phi) is 6.20. The molecule has 34 heavy (non-hydrogen) atoms. The lowest BCUT2D eigenvalue weighted by molar-refractivity contribution is -0.199. The maximum absolute atomic E-state index is 12.2. The quantitative estimate of drug-likeness (QED) is 0.377. The summed E-state index contributed by atoms with van der Waals surface area (Å²) in [7, 11) is -0.274. The van der Waals surface area contributed by atoms with Crippen LogP contribution < -0.4 is 0 Å². The first-order chi connectivity index (χ1) is 16.2. The molecule has 5 atom stereocenters. The molecule has 1 aliphatic heterocycles. The molecule has 3 saturated carbocycles. The van der Waals surface area contributed by atoms with Crippen LogP contribution in [0.25, 0.3) is 0 Å². The number of carbonyl (C=O) groups excluding carboxylic acids is 1. The summed E-state index contributed by atoms with van der Waals surface area (Å²) < 4.78 is 19.4. The molecule has 0 spiro atoms. The zero-order chi connectivity index (χ0) is 24.1. The van der Waals surface area contributed by atoms with E-state index >= 15 is 0 Å². The monoisotopic (exact) mass is 461 g/mol. The van der Waals surface area contributed by atoms with Gasteiger partial charge < -0.3 is 14.0 Å². The molecule has 2 aromatic rings. The minimum Gasteiger partial charge on any atom is -0.405 e. The third-order valence-electron chi connectivity index (χ3n) is 8.93. The van der Waals surface area contributed by atoms with Crippen molar-refractivity contribution in [1.29, 1.82) is 0 Å². The lowest BCUT2D eigenvalue weighted by Crippen LogP contribution is -2.65. The fourth-order valence-corrected chi connectivity index (χ4v) is 6.81. The Morgan fingerprint density at radius 3 is 2.68 bits per heavy atom. The summed E-state index contributed by atoms with van der Waals surface area (Å²) in [5.74, 6) is 1.29. The summed E-state index contributed by atoms with van der Waals surface area (Å²) >= 11 is 0. The lowest BCUT2D eigenvalue weighted by atomic mass is 9.43. The number of benzene rings is 1. The Labute approximate surface area is 203 Å². The van der Waals surface area contributed by atoms with E-state index in [-0.39, 0.29) is 30.5 Å². The van der Waals surface area contributed by atoms with Crippen molar-refractivity contribution in [2.75, 3.05) is 6.61 Å². The smallest absolute Gasteiger partial charge is 0.405 e. The van der Waals surface area contributed by atoms with Gasteiger partial charge in [0, 0.05) is 19.0 Å². The van der Waals surface area contributed by atoms with Gasteiger partial charge in [-0.2, -0.15) is 0 Å². The van der Waals surface area contributed by atoms with Crippen LogP contribution in [0.4, 0.5) is 0 Å². The zero-order valence-electron chi connectivity index (χ0n) is 21.0. The van der Waals surface area contributed by atoms with E-state index in [1.54, 1.807) is 13.1 Å². The number of nitrogens with zero attached hydrogens (tertiary/aromatic N) is 1. The number of ketones is 1. The van der Waals surface area contributed by atoms with Crippen molar-refractivity contribution in [3.8, 4) is 0 Å². The van der Waals surface area contributed by atoms with Gasteiger partial charge in [-0.25, -0.2) is 0 Å². The topological polar surface area (TPSA) is 57.7 Å². The molecule has 1 aromatic heterocycles. The van der Waals surface area contributed by atoms with Crippen molar-refractivity contribution in [3.05, 3.63) is 65.0 Å². The van der Waals surface area contributed by atoms with Gasteiger partial charge in [-0.1, -0.05) is 44.2 Å². The molecule has 2 bridgehead atoms. The van der Waals surface area contributed by atoms with E-state index in [1.165, 1.54) is 6.42 Å². The molecule has 6 rings (SSSR count). The largest absolute Gasteiger partial charge is 0.458 e. The van der Waals surface area contributed by atoms with Crippen LogP contribution in [0, 0.1) is 24.2 Å². The Morgan fingerprint density at radius 2 is 1.97 bits per heavy atom. The number of rotatable bonds is 8. The van der Waals surface area contributed by atoms with Crippen LogP contribution in [0.5, 0.6) is 0 Å². The van der Waals surface area contributed by atoms with Gasteiger partial charge in [0.15, 0.2) is 5.78 Å². The van der Waals surface area contributed by atoms with E-state index in [9.17, 15) is 4.79 Å². The summed E-state index contributed by atoms with van der Waals surface area (Å²) in [5.41, 5.74) is 3.78. The number of hydrogen-bond acceptors (Lipinski definition) is 5. The Balaban J connectivity index is 1.35. The third kappa shape index (κ3) is 4.04. The number of ether oxygens (including phenoxy) is 1. The number of Topliss-reactive ketones (excluding diaryl/α,β-unsaturated/α-hetero) is 1. The Morgan fingerprint density at radius 1 is 1.21 bits per heavy atom. The molecule has 1 aromatic carbocycles. The van der Waals surface area contributed by atoms with Gasteiger partial charge in [0.25, 0.3) is 0 Å². The third-order valence-corrected chi connectivity index (χ3v) is 8.93. The van der Waals surface area contributed by atoms with E-state index < -0.39 is 0 Å². The van der Waals surface area contributed by atoms with Gasteiger partial charge in [0.1, 0.15) is 5.69 Å². The van der Waals surface area contributed by atoms with Crippen LogP contribution in [0.1, 0.15) is 73.6 Å². The summed E-state index contributed by atoms with van der Waals surface area (Å²) in [6.45, 7) is 11.7. The summed E-state index contributed by atoms with van der Waals surface area (Å²) in [4.78, 5) is 16.5. The highest BCUT2D eigenvalue weighted by Gasteiger charge is 2.67. The molecule has 5 nitrogen and oxygen atoms in total. The van der Waals surface area contributed by atoms with Gasteiger partial charge in [-0.15, -0.1) is 0 Å². The Hall–Kier alpha value is -2.02. The van der Waals surface area contributed by atoms with Crippen molar-refractivity contribution in [2.24, 2.45) is 17.3 Å². The second-order valence-electron chi connectivity index (χ2n) is 11.3. The SMILES string of the molecule is CC(=O)c1nccc(C(COCc2ccccc2)CB2OC3CC4CC(C4(C)C)[C@]3(C)O2)c1C. The van der Waals surface area contributed by atoms with Crippen molar-refractivity contribution < 1.29 is 18.8 Å². The second kappa shape index (κ2) is 8.89. The predicted molar refractivity (Wildman–Crippen MR) is 133 cm³/mol. The van der Waals surface area contributed by atoms with Crippen LogP contribution >= 0.6 is 0 Å². The van der Waals surface area contributed by atoms with Gasteiger partial charge in [0.05, 0.1) is 24.9 Å². The van der Waals surface area contributed by atoms with Gasteiger partial charge in [-0.3, -0.25) is 9.78 Å². The number of aromatic nitrogens is 1. The van der Waals surface area contributed by atoms with Crippen LogP contribution in [0.3, 0.4) is 0 Å². The van der Waals surface area contributed by atoms with Crippen molar-refractivity contribution in [2.45, 2.75) is 78.0 Å². The molecular formula is C28H36BNO4. The van der Waals surface area contributed by atoms with Crippen LogP contribution in [0.2, 0.25) is 6.32 Å². The lowest BCUT2D eigenvalue weighted by Gasteiger charge is -2.64. The second-order valence-corrected chi connectivity index (χ2v) is 11.3. The van der Waals surface area contributed by atoms with Crippen LogP contribution in [-0.4, -0.2) is 36.2 Å². The summed E-state index contributed by atoms with van der Waals surface area (Å²) in [5, 5.41) is 0. The highest BCUT2D eigenvalue weighted by Crippen LogP contribution is 2.65. The number of hydrogen-bond donors (Lipinski definition) is 0. The van der Waals surface area contributed by atoms with Crippen molar-refractivity contribution in [3.63, 3.8) is 0 Å². The van der Waals surface area contributed by atoms with Crippen LogP contribution in [0.15, 0.2) is 42.6 Å². The first-order valence-electron chi connectivity index (χ1n) is 12.6. The average Bonchev–Trinajstić information content (AvgIpc) is 3.14. The van der Waals surface area contributed by atoms with E-state index in [0.29, 0.717) is 36.6 Å². The van der Waals surface area contributed by atoms with Gasteiger partial charge in [-0.05, 0) is 73.0 Å². The molecule has 2 heterocycles. The molecule has 0 N–H and O–H groups in total. The van der Waals surface area contributed by atoms with E-state index in [4.69, 9.17) is 14.0 Å². The standard InChI is InChI=1S/C28H36BNO4/c1-18-23(11-12-30-26(18)19(2)31)21(17-32-16-20-9-7-6-8-10-20)15-29-33-25-14-22-13-24(27(22,3)4)28(25,5)34-29/h6-12,21-22,24-25H,13-17H2,1-5H3/t21?,22?,24?,25?,28-/m0/s1. The Bertz CT molecular complexity index is 1060. The first kappa shape index (κ1) is 23.7. The van der Waals surface area contributed by atoms with E-state index in [1.807, 2.05) is 31.2 Å². The maximum Gasteiger partial charge on any atom is 0.458 e. The molecule has 4 aliphatic rings. The molecule has 180 valence electrons. The van der Waals surface area contributed by atoms with Crippen LogP contribution in [-0.2, 0) is 20.7 Å². The first-order valence-corrected chi connectivity index (χ1v) is 12.6. The highest BCUT2D eigenvalue weighted by atomic mass is 16.7. The molecule has 4 unspecified atom stereocenters. The van der Waals surface area contributed by atoms with Gasteiger partial charge in [0.2, 0.25) is 0 Å². The normalized spacial score (nSPS) is 29.9. The highest BCUT2D eigenvalue weighted by molar-refractivity contribution is 6.45. The van der Waals surface area contributed by atoms with Gasteiger partial charge >= 0.3 is 7.12 Å². The average molecular weight is 461 g/mol. The minimum atomic E-state index is -0.274. The molecule has 6 heteroatoms. The molecular weight excluding hydrogens is 425 g/mol. The van der Waals surface area contributed by atoms with E-state index in [0.717, 1.165) is 29.0 Å². The minimum absolute atomic E-state index is 0.0165. The van der Waals surface area contributed by atoms with Crippen molar-refractivity contribution >= 4 is 12.9 Å². The number of pyridine rings is 1. The molecule has 0 radical (unpaired) electrons. The summed E-state index contributed by atoms with van der Waals surface area (Å²) in [6, 6.07) is 12.2. The fourth-order valence-electron chi connectivity index (χ4n) is 6.81. The molecule has 4 fully saturated rings. The van der Waals surface area contributed by atoms with Crippen molar-refractivity contribution in [1.82, 2.24) is 4.98 Å². The van der Waals surface area contributed by atoms with E-state index in [2.05, 4.69) is 37.9 Å².